The number of phenolic OH excluding ortho intramolecular Hbond substituents is 1. The molecular formula is C19H23N3O2. The quantitative estimate of drug-likeness (QED) is 0.941. The lowest BCUT2D eigenvalue weighted by Crippen LogP contribution is -2.48. The Balaban J connectivity index is 1.64. The van der Waals surface area contributed by atoms with Gasteiger partial charge in [0.25, 0.3) is 5.91 Å². The van der Waals surface area contributed by atoms with E-state index in [4.69, 9.17) is 0 Å². The second kappa shape index (κ2) is 6.83. The van der Waals surface area contributed by atoms with Crippen molar-refractivity contribution in [3.8, 4) is 5.75 Å². The Morgan fingerprint density at radius 3 is 2.17 bits per heavy atom. The third kappa shape index (κ3) is 3.30. The van der Waals surface area contributed by atoms with Crippen molar-refractivity contribution < 1.29 is 9.90 Å². The van der Waals surface area contributed by atoms with Gasteiger partial charge in [0.1, 0.15) is 5.75 Å². The molecule has 0 spiro atoms. The maximum Gasteiger partial charge on any atom is 0.253 e. The first-order chi connectivity index (χ1) is 11.6. The van der Waals surface area contributed by atoms with Crippen LogP contribution in [0.3, 0.4) is 0 Å². The molecule has 1 aliphatic rings. The fourth-order valence-electron chi connectivity index (χ4n) is 2.97. The summed E-state index contributed by atoms with van der Waals surface area (Å²) in [6.45, 7) is 2.75. The summed E-state index contributed by atoms with van der Waals surface area (Å²) in [4.78, 5) is 18.6. The lowest BCUT2D eigenvalue weighted by Gasteiger charge is -2.36. The molecule has 0 saturated carbocycles. The van der Waals surface area contributed by atoms with Crippen LogP contribution >= 0.6 is 0 Å². The van der Waals surface area contributed by atoms with Gasteiger partial charge < -0.3 is 19.8 Å². The van der Waals surface area contributed by atoms with Crippen LogP contribution in [-0.2, 0) is 0 Å². The number of benzene rings is 2. The summed E-state index contributed by atoms with van der Waals surface area (Å²) in [5, 5.41) is 9.96. The molecule has 1 amide bonds. The summed E-state index contributed by atoms with van der Waals surface area (Å²) in [6, 6.07) is 15.0. The minimum atomic E-state index is 0.0669. The van der Waals surface area contributed by atoms with Gasteiger partial charge in [0, 0.05) is 51.5 Å². The lowest BCUT2D eigenvalue weighted by atomic mass is 10.1. The molecule has 2 aromatic carbocycles. The maximum atomic E-state index is 12.6. The van der Waals surface area contributed by atoms with Gasteiger partial charge in [0.15, 0.2) is 0 Å². The molecule has 1 fully saturated rings. The normalized spacial score (nSPS) is 14.6. The zero-order valence-electron chi connectivity index (χ0n) is 14.1. The topological polar surface area (TPSA) is 47.0 Å². The number of phenols is 1. The molecule has 0 atom stereocenters. The van der Waals surface area contributed by atoms with Gasteiger partial charge in [-0.3, -0.25) is 4.79 Å². The smallest absolute Gasteiger partial charge is 0.253 e. The van der Waals surface area contributed by atoms with Crippen molar-refractivity contribution in [2.75, 3.05) is 50.1 Å². The van der Waals surface area contributed by atoms with Crippen molar-refractivity contribution in [2.45, 2.75) is 0 Å². The number of para-hydroxylation sites is 2. The van der Waals surface area contributed by atoms with Crippen molar-refractivity contribution in [1.29, 1.82) is 0 Å². The number of amides is 1. The van der Waals surface area contributed by atoms with Gasteiger partial charge in [-0.2, -0.15) is 0 Å². The molecule has 3 rings (SSSR count). The summed E-state index contributed by atoms with van der Waals surface area (Å²) < 4.78 is 0. The number of carbonyl (C=O) groups is 1. The predicted octanol–water partition coefficient (Wildman–Crippen LogP) is 2.42. The van der Waals surface area contributed by atoms with Crippen LogP contribution in [0.15, 0.2) is 48.5 Å². The highest BCUT2D eigenvalue weighted by Gasteiger charge is 2.23. The van der Waals surface area contributed by atoms with Gasteiger partial charge in [0.2, 0.25) is 0 Å². The minimum Gasteiger partial charge on any atom is -0.506 e. The molecule has 0 radical (unpaired) electrons. The zero-order chi connectivity index (χ0) is 17.1. The fraction of sp³-hybridized carbons (Fsp3) is 0.316. The first-order valence-corrected chi connectivity index (χ1v) is 8.16. The van der Waals surface area contributed by atoms with Crippen LogP contribution in [0.2, 0.25) is 0 Å². The summed E-state index contributed by atoms with van der Waals surface area (Å²) in [7, 11) is 3.96. The highest BCUT2D eigenvalue weighted by atomic mass is 16.3. The van der Waals surface area contributed by atoms with E-state index in [1.54, 1.807) is 6.07 Å². The average molecular weight is 325 g/mol. The van der Waals surface area contributed by atoms with Gasteiger partial charge in [-0.25, -0.2) is 0 Å². The van der Waals surface area contributed by atoms with Crippen LogP contribution in [-0.4, -0.2) is 56.2 Å². The average Bonchev–Trinajstić information content (AvgIpc) is 2.62. The molecule has 24 heavy (non-hydrogen) atoms. The highest BCUT2D eigenvalue weighted by molar-refractivity contribution is 5.94. The van der Waals surface area contributed by atoms with E-state index in [0.717, 1.165) is 30.0 Å². The van der Waals surface area contributed by atoms with Crippen molar-refractivity contribution >= 4 is 17.3 Å². The second-order valence-electron chi connectivity index (χ2n) is 6.21. The van der Waals surface area contributed by atoms with Crippen LogP contribution < -0.4 is 9.80 Å². The summed E-state index contributed by atoms with van der Waals surface area (Å²) >= 11 is 0. The molecular weight excluding hydrogens is 302 g/mol. The number of hydrogen-bond donors (Lipinski definition) is 1. The van der Waals surface area contributed by atoms with Gasteiger partial charge >= 0.3 is 0 Å². The molecule has 0 aliphatic carbocycles. The number of hydrogen-bond acceptors (Lipinski definition) is 4. The van der Waals surface area contributed by atoms with Crippen LogP contribution in [0.1, 0.15) is 10.4 Å². The van der Waals surface area contributed by atoms with Crippen molar-refractivity contribution in [3.05, 3.63) is 54.1 Å². The Labute approximate surface area is 142 Å². The van der Waals surface area contributed by atoms with E-state index in [2.05, 4.69) is 4.90 Å². The van der Waals surface area contributed by atoms with Crippen molar-refractivity contribution in [2.24, 2.45) is 0 Å². The maximum absolute atomic E-state index is 12.6. The Kier molecular flexibility index (Phi) is 4.60. The van der Waals surface area contributed by atoms with Crippen molar-refractivity contribution in [3.63, 3.8) is 0 Å². The Hall–Kier alpha value is -2.69. The van der Waals surface area contributed by atoms with Crippen LogP contribution in [0.4, 0.5) is 11.4 Å². The first-order valence-electron chi connectivity index (χ1n) is 8.16. The summed E-state index contributed by atoms with van der Waals surface area (Å²) in [6.07, 6.45) is 0. The number of nitrogens with zero attached hydrogens (tertiary/aromatic N) is 3. The second-order valence-corrected chi connectivity index (χ2v) is 6.21. The molecule has 1 N–H and O–H groups in total. The monoisotopic (exact) mass is 325 g/mol. The SMILES string of the molecule is CN(C)c1ccc(C(=O)N2CCN(c3ccccc3O)CC2)cc1. The predicted molar refractivity (Wildman–Crippen MR) is 97.0 cm³/mol. The number of rotatable bonds is 3. The highest BCUT2D eigenvalue weighted by Crippen LogP contribution is 2.27. The standard InChI is InChI=1S/C19H23N3O2/c1-20(2)16-9-7-15(8-10-16)19(24)22-13-11-21(12-14-22)17-5-3-4-6-18(17)23/h3-10,23H,11-14H2,1-2H3. The molecule has 1 aliphatic heterocycles. The van der Waals surface area contributed by atoms with E-state index < -0.39 is 0 Å². The molecule has 0 aromatic heterocycles. The molecule has 5 heteroatoms. The fourth-order valence-corrected chi connectivity index (χ4v) is 2.97. The zero-order valence-corrected chi connectivity index (χ0v) is 14.1. The lowest BCUT2D eigenvalue weighted by molar-refractivity contribution is 0.0747. The summed E-state index contributed by atoms with van der Waals surface area (Å²) in [5.41, 5.74) is 2.63. The minimum absolute atomic E-state index is 0.0669. The van der Waals surface area contributed by atoms with Gasteiger partial charge in [-0.1, -0.05) is 12.1 Å². The number of piperazine rings is 1. The van der Waals surface area contributed by atoms with Crippen LogP contribution in [0, 0.1) is 0 Å². The molecule has 0 unspecified atom stereocenters. The van der Waals surface area contributed by atoms with E-state index in [0.29, 0.717) is 13.1 Å². The Bertz CT molecular complexity index is 705. The number of anilines is 2. The molecule has 0 bridgehead atoms. The molecule has 1 heterocycles. The van der Waals surface area contributed by atoms with Crippen molar-refractivity contribution in [1.82, 2.24) is 4.90 Å². The molecule has 5 nitrogen and oxygen atoms in total. The van der Waals surface area contributed by atoms with Gasteiger partial charge in [-0.05, 0) is 36.4 Å². The molecule has 1 saturated heterocycles. The third-order valence-corrected chi connectivity index (χ3v) is 4.42. The third-order valence-electron chi connectivity index (χ3n) is 4.42. The van der Waals surface area contributed by atoms with Crippen LogP contribution in [0.5, 0.6) is 5.75 Å². The van der Waals surface area contributed by atoms with E-state index in [9.17, 15) is 9.90 Å². The first kappa shape index (κ1) is 16.2. The van der Waals surface area contributed by atoms with E-state index in [1.807, 2.05) is 66.4 Å². The summed E-state index contributed by atoms with van der Waals surface area (Å²) in [5.74, 6) is 0.355. The van der Waals surface area contributed by atoms with Crippen LogP contribution in [0.25, 0.3) is 0 Å². The van der Waals surface area contributed by atoms with E-state index >= 15 is 0 Å². The number of carbonyl (C=O) groups excluding carboxylic acids is 1. The largest absolute Gasteiger partial charge is 0.506 e. The Morgan fingerprint density at radius 1 is 0.958 bits per heavy atom. The molecule has 2 aromatic rings. The number of aromatic hydroxyl groups is 1. The van der Waals surface area contributed by atoms with Gasteiger partial charge in [0.05, 0.1) is 5.69 Å². The van der Waals surface area contributed by atoms with E-state index in [-0.39, 0.29) is 11.7 Å². The van der Waals surface area contributed by atoms with Gasteiger partial charge in [-0.15, -0.1) is 0 Å². The Morgan fingerprint density at radius 2 is 1.58 bits per heavy atom. The molecule has 126 valence electrons. The van der Waals surface area contributed by atoms with E-state index in [1.165, 1.54) is 0 Å².